The molecule has 0 radical (unpaired) electrons. The fourth-order valence-electron chi connectivity index (χ4n) is 2.98. The fourth-order valence-corrected chi connectivity index (χ4v) is 2.98. The minimum absolute atomic E-state index is 0.0983. The normalized spacial score (nSPS) is 14.6. The standard InChI is InChI=1S/C10H7NO2.C6H14N2O2.C6H13N/c12-6-8-5-4-7-2-1-3-9(13)10(7)11-8;7-4-2-1-3-5(8)6(9)10;7-6-4-2-1-3-5-6/h1-6,13H;5H,1-4,7-8H2,(H,9,10);6H,1-5,7H2/t;5-;/m.0./s1. The molecular weight excluding hydrogens is 384 g/mol. The smallest absolute Gasteiger partial charge is 0.320 e. The molecule has 0 amide bonds. The molecule has 0 unspecified atom stereocenters. The van der Waals surface area contributed by atoms with Crippen LogP contribution >= 0.6 is 0 Å². The number of rotatable bonds is 6. The van der Waals surface area contributed by atoms with Gasteiger partial charge in [-0.1, -0.05) is 43.9 Å². The van der Waals surface area contributed by atoms with Crippen LogP contribution in [0.5, 0.6) is 5.75 Å². The number of carboxylic acid groups (broad SMARTS) is 1. The number of carboxylic acids is 1. The van der Waals surface area contributed by atoms with Crippen LogP contribution in [0.1, 0.15) is 61.9 Å². The van der Waals surface area contributed by atoms with E-state index >= 15 is 0 Å². The van der Waals surface area contributed by atoms with Crippen molar-refractivity contribution in [1.82, 2.24) is 4.98 Å². The Morgan fingerprint density at radius 1 is 1.17 bits per heavy atom. The lowest BCUT2D eigenvalue weighted by molar-refractivity contribution is -0.138. The summed E-state index contributed by atoms with van der Waals surface area (Å²) in [4.78, 5) is 24.5. The van der Waals surface area contributed by atoms with E-state index in [9.17, 15) is 14.7 Å². The second kappa shape index (κ2) is 14.4. The molecule has 3 rings (SSSR count). The van der Waals surface area contributed by atoms with Crippen molar-refractivity contribution < 1.29 is 19.8 Å². The van der Waals surface area contributed by atoms with Crippen LogP contribution in [0.4, 0.5) is 0 Å². The number of nitrogens with two attached hydrogens (primary N) is 3. The number of hydrogen-bond donors (Lipinski definition) is 5. The molecule has 0 aliphatic heterocycles. The number of phenols is 1. The van der Waals surface area contributed by atoms with E-state index in [1.165, 1.54) is 32.1 Å². The number of phenolic OH excluding ortho intramolecular Hbond substituents is 1. The van der Waals surface area contributed by atoms with Gasteiger partial charge in [-0.25, -0.2) is 4.98 Å². The van der Waals surface area contributed by atoms with Gasteiger partial charge >= 0.3 is 5.97 Å². The SMILES string of the molecule is NC1CCCCC1.NCCCC[C@H](N)C(=O)O.O=Cc1ccc2cccc(O)c2n1. The van der Waals surface area contributed by atoms with Crippen LogP contribution < -0.4 is 17.2 Å². The third kappa shape index (κ3) is 9.78. The Morgan fingerprint density at radius 3 is 2.40 bits per heavy atom. The van der Waals surface area contributed by atoms with Gasteiger partial charge in [0, 0.05) is 11.4 Å². The van der Waals surface area contributed by atoms with Gasteiger partial charge in [0.25, 0.3) is 0 Å². The predicted octanol–water partition coefficient (Wildman–Crippen LogP) is 2.56. The highest BCUT2D eigenvalue weighted by Crippen LogP contribution is 2.21. The minimum Gasteiger partial charge on any atom is -0.506 e. The van der Waals surface area contributed by atoms with E-state index in [2.05, 4.69) is 4.98 Å². The van der Waals surface area contributed by atoms with Crippen molar-refractivity contribution in [2.45, 2.75) is 63.5 Å². The quantitative estimate of drug-likeness (QED) is 0.352. The van der Waals surface area contributed by atoms with Crippen LogP contribution in [0, 0.1) is 0 Å². The molecule has 8 N–H and O–H groups in total. The molecule has 0 bridgehead atoms. The van der Waals surface area contributed by atoms with Crippen LogP contribution in [0.2, 0.25) is 0 Å². The Balaban J connectivity index is 0.000000237. The number of nitrogens with zero attached hydrogens (tertiary/aromatic N) is 1. The van der Waals surface area contributed by atoms with E-state index in [1.54, 1.807) is 24.3 Å². The van der Waals surface area contributed by atoms with Gasteiger partial charge in [0.15, 0.2) is 6.29 Å². The monoisotopic (exact) mass is 418 g/mol. The number of benzene rings is 1. The van der Waals surface area contributed by atoms with Gasteiger partial charge in [0.05, 0.1) is 0 Å². The molecule has 1 fully saturated rings. The summed E-state index contributed by atoms with van der Waals surface area (Å²) in [6.45, 7) is 0.604. The van der Waals surface area contributed by atoms with E-state index in [0.29, 0.717) is 36.5 Å². The number of unbranched alkanes of at least 4 members (excludes halogenated alkanes) is 1. The number of carbonyl (C=O) groups is 2. The van der Waals surface area contributed by atoms with E-state index < -0.39 is 12.0 Å². The Bertz CT molecular complexity index is 779. The van der Waals surface area contributed by atoms with Crippen molar-refractivity contribution in [1.29, 1.82) is 0 Å². The minimum atomic E-state index is -0.933. The summed E-state index contributed by atoms with van der Waals surface area (Å²) in [5.41, 5.74) is 16.8. The zero-order valence-electron chi connectivity index (χ0n) is 17.4. The number of aldehydes is 1. The Labute approximate surface area is 177 Å². The van der Waals surface area contributed by atoms with E-state index in [-0.39, 0.29) is 5.75 Å². The number of aromatic nitrogens is 1. The lowest BCUT2D eigenvalue weighted by atomic mass is 9.97. The second-order valence-electron chi connectivity index (χ2n) is 7.33. The summed E-state index contributed by atoms with van der Waals surface area (Å²) in [5.74, 6) is -0.835. The lowest BCUT2D eigenvalue weighted by Gasteiger charge is -2.15. The molecule has 1 aromatic heterocycles. The zero-order chi connectivity index (χ0) is 22.4. The van der Waals surface area contributed by atoms with Gasteiger partial charge in [-0.3, -0.25) is 9.59 Å². The molecule has 1 aliphatic rings. The van der Waals surface area contributed by atoms with E-state index in [4.69, 9.17) is 22.3 Å². The van der Waals surface area contributed by atoms with Gasteiger partial charge in [-0.15, -0.1) is 0 Å². The summed E-state index contributed by atoms with van der Waals surface area (Å²) in [7, 11) is 0. The molecular formula is C22H34N4O4. The van der Waals surface area contributed by atoms with E-state index in [0.717, 1.165) is 18.2 Å². The van der Waals surface area contributed by atoms with Crippen LogP contribution in [-0.4, -0.2) is 46.1 Å². The first-order chi connectivity index (χ1) is 14.4. The van der Waals surface area contributed by atoms with Crippen LogP contribution in [0.25, 0.3) is 10.9 Å². The van der Waals surface area contributed by atoms with Crippen molar-refractivity contribution in [2.75, 3.05) is 6.54 Å². The highest BCUT2D eigenvalue weighted by atomic mass is 16.4. The Morgan fingerprint density at radius 2 is 1.87 bits per heavy atom. The highest BCUT2D eigenvalue weighted by molar-refractivity contribution is 5.87. The first-order valence-electron chi connectivity index (χ1n) is 10.4. The molecule has 1 aromatic carbocycles. The van der Waals surface area contributed by atoms with Gasteiger partial charge < -0.3 is 27.4 Å². The summed E-state index contributed by atoms with van der Waals surface area (Å²) >= 11 is 0. The fraction of sp³-hybridized carbons (Fsp3) is 0.500. The topological polar surface area (TPSA) is 166 Å². The maximum Gasteiger partial charge on any atom is 0.320 e. The van der Waals surface area contributed by atoms with E-state index in [1.807, 2.05) is 6.07 Å². The van der Waals surface area contributed by atoms with Crippen LogP contribution in [0.3, 0.4) is 0 Å². The summed E-state index contributed by atoms with van der Waals surface area (Å²) in [6, 6.07) is 8.31. The molecule has 0 spiro atoms. The Hall–Kier alpha value is -2.55. The van der Waals surface area contributed by atoms with Gasteiger partial charge in [0.1, 0.15) is 23.0 Å². The number of aromatic hydroxyl groups is 1. The third-order valence-corrected chi connectivity index (χ3v) is 4.78. The maximum atomic E-state index is 10.4. The Kier molecular flexibility index (Phi) is 12.3. The number of aliphatic carboxylic acids is 1. The number of carbonyl (C=O) groups excluding carboxylic acids is 1. The molecule has 1 saturated carbocycles. The van der Waals surface area contributed by atoms with Crippen molar-refractivity contribution in [2.24, 2.45) is 17.2 Å². The molecule has 1 heterocycles. The second-order valence-corrected chi connectivity index (χ2v) is 7.33. The molecule has 1 atom stereocenters. The highest BCUT2D eigenvalue weighted by Gasteiger charge is 2.09. The molecule has 1 aliphatic carbocycles. The predicted molar refractivity (Wildman–Crippen MR) is 118 cm³/mol. The summed E-state index contributed by atoms with van der Waals surface area (Å²) < 4.78 is 0. The van der Waals surface area contributed by atoms with Crippen molar-refractivity contribution in [3.8, 4) is 5.75 Å². The molecule has 8 nitrogen and oxygen atoms in total. The number of hydrogen-bond acceptors (Lipinski definition) is 7. The molecule has 30 heavy (non-hydrogen) atoms. The average molecular weight is 419 g/mol. The maximum absolute atomic E-state index is 10.4. The summed E-state index contributed by atoms with van der Waals surface area (Å²) in [6.07, 6.45) is 9.49. The lowest BCUT2D eigenvalue weighted by Crippen LogP contribution is -2.29. The zero-order valence-corrected chi connectivity index (χ0v) is 17.4. The average Bonchev–Trinajstić information content (AvgIpc) is 2.75. The van der Waals surface area contributed by atoms with Crippen molar-refractivity contribution >= 4 is 23.2 Å². The first kappa shape index (κ1) is 25.5. The molecule has 8 heteroatoms. The summed E-state index contributed by atoms with van der Waals surface area (Å²) in [5, 5.41) is 18.6. The number of para-hydroxylation sites is 1. The van der Waals surface area contributed by atoms with Crippen molar-refractivity contribution in [3.05, 3.63) is 36.0 Å². The molecule has 0 saturated heterocycles. The van der Waals surface area contributed by atoms with Crippen LogP contribution in [0.15, 0.2) is 30.3 Å². The molecule has 166 valence electrons. The van der Waals surface area contributed by atoms with Gasteiger partial charge in [-0.2, -0.15) is 0 Å². The number of fused-ring (bicyclic) bond motifs is 1. The third-order valence-electron chi connectivity index (χ3n) is 4.78. The van der Waals surface area contributed by atoms with Gasteiger partial charge in [-0.05, 0) is 44.4 Å². The van der Waals surface area contributed by atoms with Gasteiger partial charge in [0.2, 0.25) is 0 Å². The van der Waals surface area contributed by atoms with Crippen molar-refractivity contribution in [3.63, 3.8) is 0 Å². The van der Waals surface area contributed by atoms with Crippen LogP contribution in [-0.2, 0) is 4.79 Å². The number of pyridine rings is 1. The first-order valence-corrected chi connectivity index (χ1v) is 10.4. The molecule has 2 aromatic rings. The largest absolute Gasteiger partial charge is 0.506 e.